The first kappa shape index (κ1) is 15.4. The first-order valence-corrected chi connectivity index (χ1v) is 8.11. The fourth-order valence-corrected chi connectivity index (χ4v) is 3.08. The van der Waals surface area contributed by atoms with E-state index in [9.17, 15) is 0 Å². The summed E-state index contributed by atoms with van der Waals surface area (Å²) in [5, 5.41) is 9.36. The molecule has 25 heavy (non-hydrogen) atoms. The molecule has 6 nitrogen and oxygen atoms in total. The molecule has 0 aliphatic heterocycles. The number of benzene rings is 1. The molecule has 1 aromatic carbocycles. The van der Waals surface area contributed by atoms with Gasteiger partial charge >= 0.3 is 0 Å². The number of para-hydroxylation sites is 1. The summed E-state index contributed by atoms with van der Waals surface area (Å²) in [5.74, 6) is 1.66. The average molecular weight is 333 g/mol. The van der Waals surface area contributed by atoms with Crippen molar-refractivity contribution in [3.8, 4) is 22.8 Å². The Morgan fingerprint density at radius 1 is 0.920 bits per heavy atom. The molecule has 3 heterocycles. The van der Waals surface area contributed by atoms with Gasteiger partial charge < -0.3 is 4.74 Å². The second-order valence-electron chi connectivity index (χ2n) is 6.09. The minimum absolute atomic E-state index is 0.781. The Bertz CT molecular complexity index is 1080. The van der Waals surface area contributed by atoms with E-state index in [1.807, 2.05) is 72.4 Å². The van der Waals surface area contributed by atoms with E-state index in [1.54, 1.807) is 7.11 Å². The molecule has 0 bridgehead atoms. The molecule has 0 N–H and O–H groups in total. The van der Waals surface area contributed by atoms with Crippen LogP contribution in [0.4, 0.5) is 0 Å². The number of hydrogen-bond acceptors (Lipinski definition) is 4. The van der Waals surface area contributed by atoms with Crippen LogP contribution in [-0.2, 0) is 0 Å². The predicted octanol–water partition coefficient (Wildman–Crippen LogP) is 3.52. The molecule has 0 saturated heterocycles. The summed E-state index contributed by atoms with van der Waals surface area (Å²) < 4.78 is 9.20. The van der Waals surface area contributed by atoms with Crippen LogP contribution in [0.3, 0.4) is 0 Å². The van der Waals surface area contributed by atoms with E-state index in [4.69, 9.17) is 9.84 Å². The number of methoxy groups -OCH3 is 1. The van der Waals surface area contributed by atoms with Gasteiger partial charge in [0.25, 0.3) is 0 Å². The summed E-state index contributed by atoms with van der Waals surface area (Å²) in [4.78, 5) is 4.62. The Labute approximate surface area is 145 Å². The zero-order valence-corrected chi connectivity index (χ0v) is 14.7. The average Bonchev–Trinajstić information content (AvgIpc) is 3.16. The number of nitrogens with zero attached hydrogens (tertiary/aromatic N) is 5. The molecule has 0 atom stereocenters. The quantitative estimate of drug-likeness (QED) is 0.576. The highest BCUT2D eigenvalue weighted by molar-refractivity contribution is 5.70. The second-order valence-corrected chi connectivity index (χ2v) is 6.09. The molecule has 4 rings (SSSR count). The Hall–Kier alpha value is -3.15. The minimum Gasteiger partial charge on any atom is -0.496 e. The summed E-state index contributed by atoms with van der Waals surface area (Å²) in [6.45, 7) is 6.00. The van der Waals surface area contributed by atoms with Gasteiger partial charge in [-0.05, 0) is 39.0 Å². The van der Waals surface area contributed by atoms with Crippen molar-refractivity contribution in [1.82, 2.24) is 24.4 Å². The first-order valence-electron chi connectivity index (χ1n) is 8.11. The Morgan fingerprint density at radius 3 is 2.44 bits per heavy atom. The normalized spacial score (nSPS) is 11.2. The monoisotopic (exact) mass is 333 g/mol. The lowest BCUT2D eigenvalue weighted by molar-refractivity contribution is 0.416. The van der Waals surface area contributed by atoms with E-state index < -0.39 is 0 Å². The van der Waals surface area contributed by atoms with E-state index in [0.29, 0.717) is 0 Å². The van der Waals surface area contributed by atoms with Crippen LogP contribution in [0.15, 0.2) is 42.5 Å². The van der Waals surface area contributed by atoms with Crippen molar-refractivity contribution in [2.75, 3.05) is 7.11 Å². The maximum Gasteiger partial charge on any atom is 0.159 e. The van der Waals surface area contributed by atoms with Crippen LogP contribution in [0, 0.1) is 20.8 Å². The molecular formula is C19H19N5O. The molecule has 4 aromatic rings. The van der Waals surface area contributed by atoms with Crippen molar-refractivity contribution in [2.45, 2.75) is 20.8 Å². The maximum absolute atomic E-state index is 5.47. The summed E-state index contributed by atoms with van der Waals surface area (Å²) in [5.41, 5.74) is 5.48. The van der Waals surface area contributed by atoms with Crippen LogP contribution in [0.5, 0.6) is 5.75 Å². The van der Waals surface area contributed by atoms with E-state index in [0.717, 1.165) is 45.6 Å². The lowest BCUT2D eigenvalue weighted by Crippen LogP contribution is -2.08. The molecule has 0 unspecified atom stereocenters. The van der Waals surface area contributed by atoms with Crippen LogP contribution < -0.4 is 4.74 Å². The Kier molecular flexibility index (Phi) is 3.53. The van der Waals surface area contributed by atoms with Gasteiger partial charge in [0.2, 0.25) is 0 Å². The van der Waals surface area contributed by atoms with E-state index in [2.05, 4.69) is 10.1 Å². The first-order chi connectivity index (χ1) is 12.1. The molecule has 0 spiro atoms. The zero-order valence-electron chi connectivity index (χ0n) is 14.7. The van der Waals surface area contributed by atoms with Crippen LogP contribution in [0.25, 0.3) is 22.7 Å². The Morgan fingerprint density at radius 2 is 1.72 bits per heavy atom. The second kappa shape index (κ2) is 5.73. The number of fused-ring (bicyclic) bond motifs is 1. The van der Waals surface area contributed by atoms with Crippen molar-refractivity contribution in [2.24, 2.45) is 0 Å². The van der Waals surface area contributed by atoms with Gasteiger partial charge in [0.15, 0.2) is 11.5 Å². The lowest BCUT2D eigenvalue weighted by atomic mass is 10.1. The van der Waals surface area contributed by atoms with E-state index in [-0.39, 0.29) is 0 Å². The van der Waals surface area contributed by atoms with E-state index in [1.165, 1.54) is 0 Å². The molecule has 3 aromatic heterocycles. The lowest BCUT2D eigenvalue weighted by Gasteiger charge is -2.08. The summed E-state index contributed by atoms with van der Waals surface area (Å²) in [7, 11) is 1.67. The predicted molar refractivity (Wildman–Crippen MR) is 96.3 cm³/mol. The number of hydrogen-bond donors (Lipinski definition) is 0. The van der Waals surface area contributed by atoms with Gasteiger partial charge in [0, 0.05) is 29.1 Å². The standard InChI is InChI=1S/C19H19N5O/c1-12-10-19(23-14(3)9-13(2)21-23)24-18(20-12)11-16(22-24)15-7-5-6-8-17(15)25-4/h5-11H,1-4H3. The van der Waals surface area contributed by atoms with Crippen molar-refractivity contribution in [3.05, 3.63) is 59.5 Å². The third-order valence-corrected chi connectivity index (χ3v) is 4.15. The number of aryl methyl sites for hydroxylation is 3. The molecule has 126 valence electrons. The van der Waals surface area contributed by atoms with Crippen molar-refractivity contribution in [3.63, 3.8) is 0 Å². The summed E-state index contributed by atoms with van der Waals surface area (Å²) in [6.07, 6.45) is 0. The van der Waals surface area contributed by atoms with Crippen LogP contribution in [-0.4, -0.2) is 31.5 Å². The number of aromatic nitrogens is 5. The van der Waals surface area contributed by atoms with Gasteiger partial charge in [-0.2, -0.15) is 14.7 Å². The van der Waals surface area contributed by atoms with Gasteiger partial charge in [-0.25, -0.2) is 9.67 Å². The van der Waals surface area contributed by atoms with Crippen molar-refractivity contribution < 1.29 is 4.74 Å². The van der Waals surface area contributed by atoms with E-state index >= 15 is 0 Å². The molecule has 0 radical (unpaired) electrons. The van der Waals surface area contributed by atoms with Crippen LogP contribution in [0.2, 0.25) is 0 Å². The highest BCUT2D eigenvalue weighted by Crippen LogP contribution is 2.29. The third kappa shape index (κ3) is 2.55. The summed E-state index contributed by atoms with van der Waals surface area (Å²) >= 11 is 0. The topological polar surface area (TPSA) is 57.2 Å². The molecule has 0 amide bonds. The van der Waals surface area contributed by atoms with Gasteiger partial charge in [-0.3, -0.25) is 0 Å². The smallest absolute Gasteiger partial charge is 0.159 e. The van der Waals surface area contributed by atoms with Gasteiger partial charge in [0.1, 0.15) is 5.75 Å². The minimum atomic E-state index is 0.781. The number of rotatable bonds is 3. The third-order valence-electron chi connectivity index (χ3n) is 4.15. The molecule has 0 aliphatic rings. The van der Waals surface area contributed by atoms with Crippen molar-refractivity contribution >= 4 is 5.65 Å². The molecule has 6 heteroatoms. The molecular weight excluding hydrogens is 314 g/mol. The summed E-state index contributed by atoms with van der Waals surface area (Å²) in [6, 6.07) is 13.9. The maximum atomic E-state index is 5.47. The molecule has 0 fully saturated rings. The fourth-order valence-electron chi connectivity index (χ4n) is 3.08. The highest BCUT2D eigenvalue weighted by atomic mass is 16.5. The molecule has 0 aliphatic carbocycles. The van der Waals surface area contributed by atoms with Crippen LogP contribution in [0.1, 0.15) is 17.1 Å². The van der Waals surface area contributed by atoms with Crippen LogP contribution >= 0.6 is 0 Å². The highest BCUT2D eigenvalue weighted by Gasteiger charge is 2.15. The van der Waals surface area contributed by atoms with Gasteiger partial charge in [-0.1, -0.05) is 12.1 Å². The van der Waals surface area contributed by atoms with Gasteiger partial charge in [0.05, 0.1) is 18.5 Å². The van der Waals surface area contributed by atoms with Crippen molar-refractivity contribution in [1.29, 1.82) is 0 Å². The fraction of sp³-hybridized carbons (Fsp3) is 0.211. The largest absolute Gasteiger partial charge is 0.496 e. The zero-order chi connectivity index (χ0) is 17.6. The molecule has 0 saturated carbocycles. The Balaban J connectivity index is 1.97. The number of ether oxygens (including phenoxy) is 1. The SMILES string of the molecule is COc1ccccc1-c1cc2nc(C)cc(-n3nc(C)cc3C)n2n1. The van der Waals surface area contributed by atoms with Gasteiger partial charge in [-0.15, -0.1) is 0 Å².